The number of hydrogen-bond donors (Lipinski definition) is 2. The van der Waals surface area contributed by atoms with Crippen LogP contribution in [-0.2, 0) is 4.79 Å². The first kappa shape index (κ1) is 13.0. The molecule has 0 saturated carbocycles. The fourth-order valence-electron chi connectivity index (χ4n) is 0.630. The number of hydrogen-bond acceptors (Lipinski definition) is 3. The summed E-state index contributed by atoms with van der Waals surface area (Å²) in [6.07, 6.45) is 0. The number of carboxylic acid groups (broad SMARTS) is 1. The van der Waals surface area contributed by atoms with Crippen LogP contribution < -0.4 is 4.74 Å². The van der Waals surface area contributed by atoms with Gasteiger partial charge >= 0.3 is 5.97 Å². The Hall–Kier alpha value is -1.97. The maximum Gasteiger partial charge on any atom is 0.330 e. The summed E-state index contributed by atoms with van der Waals surface area (Å²) in [6.45, 7) is 4.60. The van der Waals surface area contributed by atoms with Crippen LogP contribution in [0.3, 0.4) is 0 Å². The molecule has 4 heteroatoms. The number of aliphatic carboxylic acids is 1. The number of methoxy groups -OCH3 is 1. The highest BCUT2D eigenvalue weighted by atomic mass is 16.5. The molecule has 0 heterocycles. The molecule has 0 aliphatic heterocycles. The number of carboxylic acids is 1. The fourth-order valence-corrected chi connectivity index (χ4v) is 0.630. The van der Waals surface area contributed by atoms with Crippen LogP contribution in [-0.4, -0.2) is 23.3 Å². The largest absolute Gasteiger partial charge is 0.504 e. The van der Waals surface area contributed by atoms with E-state index in [1.54, 1.807) is 24.3 Å². The minimum Gasteiger partial charge on any atom is -0.504 e. The van der Waals surface area contributed by atoms with Gasteiger partial charge in [0.25, 0.3) is 0 Å². The van der Waals surface area contributed by atoms with Gasteiger partial charge in [0.2, 0.25) is 0 Å². The summed E-state index contributed by atoms with van der Waals surface area (Å²) >= 11 is 0. The van der Waals surface area contributed by atoms with E-state index in [9.17, 15) is 4.79 Å². The van der Waals surface area contributed by atoms with Gasteiger partial charge in [-0.2, -0.15) is 0 Å². The molecule has 1 rings (SSSR count). The maximum atomic E-state index is 9.60. The lowest BCUT2D eigenvalue weighted by atomic mass is 10.3. The lowest BCUT2D eigenvalue weighted by molar-refractivity contribution is -0.132. The van der Waals surface area contributed by atoms with Gasteiger partial charge in [0.15, 0.2) is 11.5 Å². The molecule has 0 spiro atoms. The first-order chi connectivity index (χ1) is 6.99. The molecule has 0 saturated heterocycles. The van der Waals surface area contributed by atoms with Crippen LogP contribution in [0.5, 0.6) is 11.5 Å². The topological polar surface area (TPSA) is 66.8 Å². The van der Waals surface area contributed by atoms with Gasteiger partial charge in [0.1, 0.15) is 0 Å². The van der Waals surface area contributed by atoms with Crippen LogP contribution in [0.1, 0.15) is 6.92 Å². The van der Waals surface area contributed by atoms with Crippen LogP contribution in [0, 0.1) is 0 Å². The minimum absolute atomic E-state index is 0.176. The van der Waals surface area contributed by atoms with Crippen molar-refractivity contribution in [1.29, 1.82) is 0 Å². The Morgan fingerprint density at radius 2 is 1.87 bits per heavy atom. The van der Waals surface area contributed by atoms with E-state index >= 15 is 0 Å². The Labute approximate surface area is 88.4 Å². The Morgan fingerprint density at radius 1 is 1.40 bits per heavy atom. The predicted octanol–water partition coefficient (Wildman–Crippen LogP) is 2.05. The standard InChI is InChI=1S/C7H8O2.C4H6O2/c1-9-7-5-3-2-4-6(7)8;1-3(2)4(5)6/h2-5,8H,1H3;1H2,2H3,(H,5,6). The minimum atomic E-state index is -0.935. The first-order valence-corrected chi connectivity index (χ1v) is 4.19. The quantitative estimate of drug-likeness (QED) is 0.733. The van der Waals surface area contributed by atoms with Crippen LogP contribution in [0.4, 0.5) is 0 Å². The highest BCUT2D eigenvalue weighted by Gasteiger charge is 1.94. The van der Waals surface area contributed by atoms with Gasteiger partial charge < -0.3 is 14.9 Å². The molecule has 0 unspecified atom stereocenters. The smallest absolute Gasteiger partial charge is 0.330 e. The molecule has 0 atom stereocenters. The Balaban J connectivity index is 0.000000288. The first-order valence-electron chi connectivity index (χ1n) is 4.19. The summed E-state index contributed by atoms with van der Waals surface area (Å²) < 4.78 is 4.79. The van der Waals surface area contributed by atoms with Crippen molar-refractivity contribution < 1.29 is 19.7 Å². The maximum absolute atomic E-state index is 9.60. The zero-order valence-electron chi connectivity index (χ0n) is 8.73. The molecule has 15 heavy (non-hydrogen) atoms. The fraction of sp³-hybridized carbons (Fsp3) is 0.182. The van der Waals surface area contributed by atoms with Gasteiger partial charge in [-0.1, -0.05) is 18.7 Å². The second-order valence-corrected chi connectivity index (χ2v) is 2.76. The van der Waals surface area contributed by atoms with Crippen molar-refractivity contribution in [3.05, 3.63) is 36.4 Å². The average Bonchev–Trinajstić information content (AvgIpc) is 2.19. The van der Waals surface area contributed by atoms with Gasteiger partial charge in [-0.05, 0) is 19.1 Å². The molecular weight excluding hydrogens is 196 g/mol. The van der Waals surface area contributed by atoms with Crippen LogP contribution in [0.2, 0.25) is 0 Å². The molecule has 0 radical (unpaired) electrons. The number of carbonyl (C=O) groups is 1. The monoisotopic (exact) mass is 210 g/mol. The van der Waals surface area contributed by atoms with Gasteiger partial charge in [0.05, 0.1) is 7.11 Å². The van der Waals surface area contributed by atoms with Gasteiger partial charge in [-0.3, -0.25) is 0 Å². The summed E-state index contributed by atoms with van der Waals surface area (Å²) in [5, 5.41) is 16.9. The van der Waals surface area contributed by atoms with Crippen molar-refractivity contribution >= 4 is 5.97 Å². The molecule has 4 nitrogen and oxygen atoms in total. The molecule has 0 aromatic heterocycles. The molecule has 0 bridgehead atoms. The van der Waals surface area contributed by atoms with E-state index in [1.165, 1.54) is 14.0 Å². The number of phenolic OH excluding ortho intramolecular Hbond substituents is 1. The molecular formula is C11H14O4. The molecule has 0 fully saturated rings. The molecule has 1 aromatic carbocycles. The predicted molar refractivity (Wildman–Crippen MR) is 57.1 cm³/mol. The Morgan fingerprint density at radius 3 is 2.13 bits per heavy atom. The lowest BCUT2D eigenvalue weighted by Gasteiger charge is -1.99. The molecule has 0 aliphatic rings. The van der Waals surface area contributed by atoms with Gasteiger partial charge in [0, 0.05) is 5.57 Å². The van der Waals surface area contributed by atoms with Crippen molar-refractivity contribution in [3.63, 3.8) is 0 Å². The zero-order valence-corrected chi connectivity index (χ0v) is 8.73. The third-order valence-electron chi connectivity index (χ3n) is 1.45. The van der Waals surface area contributed by atoms with E-state index in [0.29, 0.717) is 5.75 Å². The van der Waals surface area contributed by atoms with E-state index in [1.807, 2.05) is 0 Å². The third kappa shape index (κ3) is 5.36. The lowest BCUT2D eigenvalue weighted by Crippen LogP contribution is -1.92. The Bertz CT molecular complexity index is 332. The van der Waals surface area contributed by atoms with Crippen molar-refractivity contribution in [3.8, 4) is 11.5 Å². The van der Waals surface area contributed by atoms with Crippen LogP contribution in [0.15, 0.2) is 36.4 Å². The highest BCUT2D eigenvalue weighted by molar-refractivity contribution is 5.84. The summed E-state index contributed by atoms with van der Waals surface area (Å²) in [5.41, 5.74) is 0.176. The molecule has 1 aromatic rings. The van der Waals surface area contributed by atoms with Crippen molar-refractivity contribution in [2.45, 2.75) is 6.92 Å². The number of rotatable bonds is 2. The third-order valence-corrected chi connectivity index (χ3v) is 1.45. The molecule has 2 N–H and O–H groups in total. The molecule has 82 valence electrons. The highest BCUT2D eigenvalue weighted by Crippen LogP contribution is 2.22. The molecule has 0 aliphatic carbocycles. The normalized spacial score (nSPS) is 8.40. The van der Waals surface area contributed by atoms with Crippen LogP contribution in [0.25, 0.3) is 0 Å². The second-order valence-electron chi connectivity index (χ2n) is 2.76. The average molecular weight is 210 g/mol. The summed E-state index contributed by atoms with van der Waals surface area (Å²) in [6, 6.07) is 6.84. The van der Waals surface area contributed by atoms with E-state index in [2.05, 4.69) is 6.58 Å². The number of para-hydroxylation sites is 2. The van der Waals surface area contributed by atoms with E-state index < -0.39 is 5.97 Å². The van der Waals surface area contributed by atoms with Crippen molar-refractivity contribution in [2.75, 3.05) is 7.11 Å². The summed E-state index contributed by atoms with van der Waals surface area (Å²) in [7, 11) is 1.52. The van der Waals surface area contributed by atoms with E-state index in [-0.39, 0.29) is 11.3 Å². The van der Waals surface area contributed by atoms with E-state index in [0.717, 1.165) is 0 Å². The number of aromatic hydroxyl groups is 1. The number of phenols is 1. The zero-order chi connectivity index (χ0) is 11.8. The number of ether oxygens (including phenoxy) is 1. The van der Waals surface area contributed by atoms with Crippen molar-refractivity contribution in [1.82, 2.24) is 0 Å². The summed E-state index contributed by atoms with van der Waals surface area (Å²) in [5.74, 6) is -0.243. The summed E-state index contributed by atoms with van der Waals surface area (Å²) in [4.78, 5) is 9.60. The van der Waals surface area contributed by atoms with E-state index in [4.69, 9.17) is 14.9 Å². The molecule has 0 amide bonds. The number of benzene rings is 1. The van der Waals surface area contributed by atoms with Crippen molar-refractivity contribution in [2.24, 2.45) is 0 Å². The SMILES string of the molecule is C=C(C)C(=O)O.COc1ccccc1O. The van der Waals surface area contributed by atoms with Gasteiger partial charge in [-0.25, -0.2) is 4.79 Å². The second kappa shape index (κ2) is 6.48. The van der Waals surface area contributed by atoms with Gasteiger partial charge in [-0.15, -0.1) is 0 Å². The Kier molecular flexibility index (Phi) is 5.63. The van der Waals surface area contributed by atoms with Crippen LogP contribution >= 0.6 is 0 Å².